The van der Waals surface area contributed by atoms with Gasteiger partial charge in [-0.05, 0) is 18.1 Å². The van der Waals surface area contributed by atoms with Crippen LogP contribution in [0.15, 0.2) is 18.2 Å². The van der Waals surface area contributed by atoms with Crippen LogP contribution in [0.25, 0.3) is 0 Å². The number of rotatable bonds is 2. The number of hydrogen-bond donors (Lipinski definition) is 0. The maximum Gasteiger partial charge on any atom is 0.102 e. The molecular formula is C11H14FN. The van der Waals surface area contributed by atoms with Crippen LogP contribution in [0.3, 0.4) is 0 Å². The molecule has 0 unspecified atom stereocenters. The van der Waals surface area contributed by atoms with Gasteiger partial charge in [0.25, 0.3) is 0 Å². The van der Waals surface area contributed by atoms with Crippen molar-refractivity contribution in [3.63, 3.8) is 0 Å². The van der Waals surface area contributed by atoms with Crippen LogP contribution in [-0.2, 0) is 13.1 Å². The molecule has 0 saturated carbocycles. The Labute approximate surface area is 78.2 Å². The Morgan fingerprint density at radius 2 is 2.08 bits per heavy atom. The summed E-state index contributed by atoms with van der Waals surface area (Å²) >= 11 is 0. The predicted molar refractivity (Wildman–Crippen MR) is 51.3 cm³/mol. The van der Waals surface area contributed by atoms with E-state index in [1.807, 2.05) is 0 Å². The molecule has 13 heavy (non-hydrogen) atoms. The normalized spacial score (nSPS) is 16.2. The molecule has 0 amide bonds. The highest BCUT2D eigenvalue weighted by atomic mass is 19.1. The first-order valence-corrected chi connectivity index (χ1v) is 4.66. The SMILES string of the molecule is Cc1ccc2c(c1)CN(CCF)C2. The first-order valence-electron chi connectivity index (χ1n) is 4.66. The van der Waals surface area contributed by atoms with E-state index in [0.717, 1.165) is 13.1 Å². The van der Waals surface area contributed by atoms with Gasteiger partial charge in [-0.2, -0.15) is 0 Å². The minimum Gasteiger partial charge on any atom is -0.292 e. The highest BCUT2D eigenvalue weighted by Crippen LogP contribution is 2.22. The standard InChI is InChI=1S/C11H14FN/c1-9-2-3-10-7-13(5-4-12)8-11(10)6-9/h2-3,6H,4-5,7-8H2,1H3. The summed E-state index contributed by atoms with van der Waals surface area (Å²) in [5.74, 6) is 0. The molecule has 0 atom stereocenters. The molecule has 1 aromatic rings. The fraction of sp³-hybridized carbons (Fsp3) is 0.455. The van der Waals surface area contributed by atoms with Gasteiger partial charge in [-0.1, -0.05) is 23.8 Å². The first-order chi connectivity index (χ1) is 6.29. The minimum absolute atomic E-state index is 0.243. The van der Waals surface area contributed by atoms with E-state index in [2.05, 4.69) is 30.0 Å². The molecule has 1 heterocycles. The van der Waals surface area contributed by atoms with Crippen LogP contribution in [0.1, 0.15) is 16.7 Å². The lowest BCUT2D eigenvalue weighted by atomic mass is 10.1. The molecule has 0 aliphatic carbocycles. The van der Waals surface area contributed by atoms with Crippen LogP contribution in [0.2, 0.25) is 0 Å². The molecule has 1 aromatic carbocycles. The molecular weight excluding hydrogens is 165 g/mol. The quantitative estimate of drug-likeness (QED) is 0.673. The fourth-order valence-corrected chi connectivity index (χ4v) is 1.87. The van der Waals surface area contributed by atoms with Crippen LogP contribution in [0.5, 0.6) is 0 Å². The lowest BCUT2D eigenvalue weighted by Gasteiger charge is -2.10. The number of nitrogens with zero attached hydrogens (tertiary/aromatic N) is 1. The molecule has 2 rings (SSSR count). The van der Waals surface area contributed by atoms with Crippen LogP contribution < -0.4 is 0 Å². The summed E-state index contributed by atoms with van der Waals surface area (Å²) in [5.41, 5.74) is 4.02. The Morgan fingerprint density at radius 3 is 2.85 bits per heavy atom. The van der Waals surface area contributed by atoms with Gasteiger partial charge in [0.2, 0.25) is 0 Å². The first kappa shape index (κ1) is 8.70. The number of benzene rings is 1. The summed E-state index contributed by atoms with van der Waals surface area (Å²) in [7, 11) is 0. The maximum atomic E-state index is 12.1. The largest absolute Gasteiger partial charge is 0.292 e. The van der Waals surface area contributed by atoms with Gasteiger partial charge in [0.1, 0.15) is 6.67 Å². The van der Waals surface area contributed by atoms with Gasteiger partial charge in [0, 0.05) is 19.6 Å². The van der Waals surface area contributed by atoms with Crippen molar-refractivity contribution in [3.8, 4) is 0 Å². The number of hydrogen-bond acceptors (Lipinski definition) is 1. The summed E-state index contributed by atoms with van der Waals surface area (Å²) in [6.07, 6.45) is 0. The van der Waals surface area contributed by atoms with Gasteiger partial charge in [-0.3, -0.25) is 4.90 Å². The summed E-state index contributed by atoms with van der Waals surface area (Å²) in [6.45, 7) is 4.25. The lowest BCUT2D eigenvalue weighted by Crippen LogP contribution is -2.18. The van der Waals surface area contributed by atoms with Crippen molar-refractivity contribution in [2.24, 2.45) is 0 Å². The van der Waals surface area contributed by atoms with Gasteiger partial charge < -0.3 is 0 Å². The molecule has 0 N–H and O–H groups in total. The molecule has 0 spiro atoms. The third-order valence-electron chi connectivity index (χ3n) is 2.55. The average Bonchev–Trinajstić information content (AvgIpc) is 2.46. The fourth-order valence-electron chi connectivity index (χ4n) is 1.87. The summed E-state index contributed by atoms with van der Waals surface area (Å²) in [6, 6.07) is 6.48. The highest BCUT2D eigenvalue weighted by molar-refractivity contribution is 5.34. The van der Waals surface area contributed by atoms with Gasteiger partial charge in [0.05, 0.1) is 0 Å². The summed E-state index contributed by atoms with van der Waals surface area (Å²) < 4.78 is 12.1. The smallest absolute Gasteiger partial charge is 0.102 e. The molecule has 0 saturated heterocycles. The second kappa shape index (κ2) is 3.46. The molecule has 1 aliphatic heterocycles. The number of halogens is 1. The summed E-state index contributed by atoms with van der Waals surface area (Å²) in [5, 5.41) is 0. The van der Waals surface area contributed by atoms with E-state index in [0.29, 0.717) is 6.54 Å². The van der Waals surface area contributed by atoms with E-state index in [4.69, 9.17) is 0 Å². The van der Waals surface area contributed by atoms with Crippen LogP contribution in [0, 0.1) is 6.92 Å². The monoisotopic (exact) mass is 179 g/mol. The van der Waals surface area contributed by atoms with Crippen LogP contribution in [-0.4, -0.2) is 18.1 Å². The molecule has 2 heteroatoms. The Balaban J connectivity index is 2.16. The van der Waals surface area contributed by atoms with E-state index in [-0.39, 0.29) is 6.67 Å². The van der Waals surface area contributed by atoms with Crippen molar-refractivity contribution in [2.75, 3.05) is 13.2 Å². The Kier molecular flexibility index (Phi) is 2.32. The topological polar surface area (TPSA) is 3.24 Å². The van der Waals surface area contributed by atoms with E-state index >= 15 is 0 Å². The second-order valence-electron chi connectivity index (χ2n) is 3.67. The van der Waals surface area contributed by atoms with Gasteiger partial charge >= 0.3 is 0 Å². The average molecular weight is 179 g/mol. The zero-order valence-electron chi connectivity index (χ0n) is 7.89. The molecule has 1 aliphatic rings. The van der Waals surface area contributed by atoms with E-state index < -0.39 is 0 Å². The number of alkyl halides is 1. The van der Waals surface area contributed by atoms with E-state index in [9.17, 15) is 4.39 Å². The molecule has 1 nitrogen and oxygen atoms in total. The number of aryl methyl sites for hydroxylation is 1. The zero-order valence-corrected chi connectivity index (χ0v) is 7.89. The van der Waals surface area contributed by atoms with Crippen molar-refractivity contribution < 1.29 is 4.39 Å². The van der Waals surface area contributed by atoms with Crippen molar-refractivity contribution >= 4 is 0 Å². The summed E-state index contributed by atoms with van der Waals surface area (Å²) in [4.78, 5) is 2.14. The number of fused-ring (bicyclic) bond motifs is 1. The Bertz CT molecular complexity index is 309. The van der Waals surface area contributed by atoms with Crippen LogP contribution in [0.4, 0.5) is 4.39 Å². The Morgan fingerprint density at radius 1 is 1.31 bits per heavy atom. The molecule has 0 radical (unpaired) electrons. The van der Waals surface area contributed by atoms with E-state index in [1.54, 1.807) is 0 Å². The highest BCUT2D eigenvalue weighted by Gasteiger charge is 2.17. The van der Waals surface area contributed by atoms with Crippen LogP contribution >= 0.6 is 0 Å². The van der Waals surface area contributed by atoms with Gasteiger partial charge in [-0.25, -0.2) is 4.39 Å². The van der Waals surface area contributed by atoms with Crippen molar-refractivity contribution in [1.29, 1.82) is 0 Å². The van der Waals surface area contributed by atoms with Crippen molar-refractivity contribution in [1.82, 2.24) is 4.90 Å². The predicted octanol–water partition coefficient (Wildman–Crippen LogP) is 2.28. The molecule has 0 aromatic heterocycles. The third-order valence-corrected chi connectivity index (χ3v) is 2.55. The molecule has 0 fully saturated rings. The van der Waals surface area contributed by atoms with Crippen molar-refractivity contribution in [3.05, 3.63) is 34.9 Å². The van der Waals surface area contributed by atoms with Crippen molar-refractivity contribution in [2.45, 2.75) is 20.0 Å². The lowest BCUT2D eigenvalue weighted by molar-refractivity contribution is 0.255. The second-order valence-corrected chi connectivity index (χ2v) is 3.67. The van der Waals surface area contributed by atoms with E-state index in [1.165, 1.54) is 16.7 Å². The molecule has 70 valence electrons. The minimum atomic E-state index is -0.243. The van der Waals surface area contributed by atoms with Gasteiger partial charge in [0.15, 0.2) is 0 Å². The third kappa shape index (κ3) is 1.73. The van der Waals surface area contributed by atoms with Gasteiger partial charge in [-0.15, -0.1) is 0 Å². The molecule has 0 bridgehead atoms. The Hall–Kier alpha value is -0.890. The maximum absolute atomic E-state index is 12.1. The zero-order chi connectivity index (χ0) is 9.26.